The molecule has 3 aromatic rings. The molecule has 3 rings (SSSR count). The van der Waals surface area contributed by atoms with Gasteiger partial charge in [0.1, 0.15) is 12.9 Å². The van der Waals surface area contributed by atoms with Crippen molar-refractivity contribution in [2.75, 3.05) is 12.5 Å². The van der Waals surface area contributed by atoms with Gasteiger partial charge < -0.3 is 14.9 Å². The fourth-order valence-electron chi connectivity index (χ4n) is 2.48. The summed E-state index contributed by atoms with van der Waals surface area (Å²) in [4.78, 5) is 0. The van der Waals surface area contributed by atoms with Crippen molar-refractivity contribution in [1.29, 1.82) is 0 Å². The van der Waals surface area contributed by atoms with Gasteiger partial charge in [0, 0.05) is 5.56 Å². The molecule has 2 aromatic carbocycles. The van der Waals surface area contributed by atoms with E-state index in [0.29, 0.717) is 23.7 Å². The Morgan fingerprint density at radius 3 is 2.68 bits per heavy atom. The Balaban J connectivity index is 1.80. The van der Waals surface area contributed by atoms with Gasteiger partial charge in [-0.25, -0.2) is 4.68 Å². The number of nitrogens with zero attached hydrogens (tertiary/aromatic N) is 2. The van der Waals surface area contributed by atoms with E-state index in [2.05, 4.69) is 34.7 Å². The molecular formula is C18H20N4O2S. The number of nitrogens with one attached hydrogen (secondary N) is 2. The van der Waals surface area contributed by atoms with Crippen LogP contribution < -0.4 is 14.9 Å². The molecule has 0 fully saturated rings. The number of rotatable bonds is 7. The zero-order chi connectivity index (χ0) is 17.6. The highest BCUT2D eigenvalue weighted by molar-refractivity contribution is 7.71. The maximum atomic E-state index is 6.10. The second kappa shape index (κ2) is 7.85. The van der Waals surface area contributed by atoms with E-state index < -0.39 is 0 Å². The first-order valence-corrected chi connectivity index (χ1v) is 8.29. The Bertz CT molecular complexity index is 904. The second-order valence-corrected chi connectivity index (χ2v) is 5.92. The van der Waals surface area contributed by atoms with Crippen LogP contribution in [0.3, 0.4) is 0 Å². The van der Waals surface area contributed by atoms with E-state index >= 15 is 0 Å². The van der Waals surface area contributed by atoms with Crippen molar-refractivity contribution in [3.05, 3.63) is 70.3 Å². The molecule has 0 unspecified atom stereocenters. The van der Waals surface area contributed by atoms with Crippen LogP contribution in [0.5, 0.6) is 11.5 Å². The Labute approximate surface area is 151 Å². The first kappa shape index (κ1) is 17.0. The van der Waals surface area contributed by atoms with Crippen molar-refractivity contribution in [2.24, 2.45) is 0 Å². The number of aryl methyl sites for hydroxylation is 1. The number of aromatic nitrogens is 3. The molecule has 130 valence electrons. The fraction of sp³-hybridized carbons (Fsp3) is 0.222. The van der Waals surface area contributed by atoms with Gasteiger partial charge in [0.25, 0.3) is 0 Å². The maximum absolute atomic E-state index is 6.10. The third kappa shape index (κ3) is 4.00. The number of methoxy groups -OCH3 is 1. The minimum atomic E-state index is 0.477. The van der Waals surface area contributed by atoms with Crippen LogP contribution in [-0.2, 0) is 13.2 Å². The van der Waals surface area contributed by atoms with Gasteiger partial charge in [-0.3, -0.25) is 5.10 Å². The summed E-state index contributed by atoms with van der Waals surface area (Å²) in [5.41, 5.74) is 6.50. The van der Waals surface area contributed by atoms with E-state index in [9.17, 15) is 0 Å². The molecule has 0 radical (unpaired) electrons. The summed E-state index contributed by atoms with van der Waals surface area (Å²) in [6, 6.07) is 14.0. The van der Waals surface area contributed by atoms with Crippen molar-refractivity contribution in [3.8, 4) is 11.5 Å². The van der Waals surface area contributed by atoms with Crippen molar-refractivity contribution < 1.29 is 9.47 Å². The molecule has 2 N–H and O–H groups in total. The third-order valence-electron chi connectivity index (χ3n) is 3.91. The number of aromatic amines is 1. The number of ether oxygens (including phenoxy) is 2. The highest BCUT2D eigenvalue weighted by Crippen LogP contribution is 2.32. The highest BCUT2D eigenvalue weighted by atomic mass is 32.1. The molecule has 25 heavy (non-hydrogen) atoms. The lowest BCUT2D eigenvalue weighted by Gasteiger charge is -2.16. The van der Waals surface area contributed by atoms with Gasteiger partial charge in [0.05, 0.1) is 13.7 Å². The molecule has 0 aliphatic carbocycles. The minimum Gasteiger partial charge on any atom is -0.493 e. The number of H-pyrrole nitrogens is 1. The van der Waals surface area contributed by atoms with Gasteiger partial charge in [-0.05, 0) is 36.3 Å². The van der Waals surface area contributed by atoms with Crippen LogP contribution in [0.4, 0.5) is 0 Å². The van der Waals surface area contributed by atoms with Crippen LogP contribution >= 0.6 is 12.2 Å². The van der Waals surface area contributed by atoms with Gasteiger partial charge in [0.2, 0.25) is 4.77 Å². The molecule has 0 saturated carbocycles. The van der Waals surface area contributed by atoms with Crippen LogP contribution in [0.15, 0.2) is 48.8 Å². The predicted octanol–water partition coefficient (Wildman–Crippen LogP) is 3.58. The molecule has 0 spiro atoms. The van der Waals surface area contributed by atoms with Crippen molar-refractivity contribution >= 4 is 12.2 Å². The zero-order valence-electron chi connectivity index (χ0n) is 14.2. The minimum absolute atomic E-state index is 0.477. The summed E-state index contributed by atoms with van der Waals surface area (Å²) >= 11 is 5.14. The zero-order valence-corrected chi connectivity index (χ0v) is 15.0. The van der Waals surface area contributed by atoms with E-state index in [0.717, 1.165) is 16.9 Å². The molecule has 0 atom stereocenters. The van der Waals surface area contributed by atoms with Gasteiger partial charge in [-0.15, -0.1) is 0 Å². The number of para-hydroxylation sites is 1. The summed E-state index contributed by atoms with van der Waals surface area (Å²) < 4.78 is 13.7. The van der Waals surface area contributed by atoms with Crippen molar-refractivity contribution in [1.82, 2.24) is 14.9 Å². The first-order chi connectivity index (χ1) is 12.2. The molecule has 0 aliphatic heterocycles. The monoisotopic (exact) mass is 356 g/mol. The highest BCUT2D eigenvalue weighted by Gasteiger charge is 2.11. The number of hydrogen-bond donors (Lipinski definition) is 2. The summed E-state index contributed by atoms with van der Waals surface area (Å²) in [7, 11) is 1.64. The first-order valence-electron chi connectivity index (χ1n) is 7.88. The van der Waals surface area contributed by atoms with E-state index in [-0.39, 0.29) is 0 Å². The SMILES string of the molecule is COc1cccc(CNn2cn[nH]c2=S)c1OCc1ccccc1C. The lowest BCUT2D eigenvalue weighted by Crippen LogP contribution is -2.14. The Kier molecular flexibility index (Phi) is 5.35. The van der Waals surface area contributed by atoms with E-state index in [1.807, 2.05) is 30.3 Å². The average molecular weight is 356 g/mol. The Morgan fingerprint density at radius 1 is 1.16 bits per heavy atom. The van der Waals surface area contributed by atoms with Gasteiger partial charge >= 0.3 is 0 Å². The average Bonchev–Trinajstić information content (AvgIpc) is 3.04. The van der Waals surface area contributed by atoms with Gasteiger partial charge in [0.15, 0.2) is 11.5 Å². The summed E-state index contributed by atoms with van der Waals surface area (Å²) in [5, 5.41) is 6.60. The predicted molar refractivity (Wildman–Crippen MR) is 99.0 cm³/mol. The van der Waals surface area contributed by atoms with Crippen LogP contribution in [0.25, 0.3) is 0 Å². The van der Waals surface area contributed by atoms with Crippen LogP contribution in [-0.4, -0.2) is 22.0 Å². The topological polar surface area (TPSA) is 64.1 Å². The molecule has 0 aliphatic rings. The van der Waals surface area contributed by atoms with Gasteiger partial charge in [-0.2, -0.15) is 5.10 Å². The van der Waals surface area contributed by atoms with Crippen molar-refractivity contribution in [2.45, 2.75) is 20.1 Å². The van der Waals surface area contributed by atoms with E-state index in [1.54, 1.807) is 18.1 Å². The molecule has 0 saturated heterocycles. The molecule has 0 bridgehead atoms. The molecule has 1 heterocycles. The molecule has 1 aromatic heterocycles. The van der Waals surface area contributed by atoms with E-state index in [4.69, 9.17) is 21.7 Å². The van der Waals surface area contributed by atoms with E-state index in [1.165, 1.54) is 5.56 Å². The normalized spacial score (nSPS) is 10.5. The molecule has 0 amide bonds. The Hall–Kier alpha value is -2.80. The maximum Gasteiger partial charge on any atom is 0.214 e. The lowest BCUT2D eigenvalue weighted by molar-refractivity contribution is 0.281. The largest absolute Gasteiger partial charge is 0.493 e. The Morgan fingerprint density at radius 2 is 1.96 bits per heavy atom. The van der Waals surface area contributed by atoms with Crippen LogP contribution in [0, 0.1) is 11.7 Å². The smallest absolute Gasteiger partial charge is 0.214 e. The molecule has 6 nitrogen and oxygen atoms in total. The lowest BCUT2D eigenvalue weighted by atomic mass is 10.1. The number of benzene rings is 2. The molecular weight excluding hydrogens is 336 g/mol. The van der Waals surface area contributed by atoms with Crippen LogP contribution in [0.1, 0.15) is 16.7 Å². The number of hydrogen-bond acceptors (Lipinski definition) is 5. The van der Waals surface area contributed by atoms with Crippen molar-refractivity contribution in [3.63, 3.8) is 0 Å². The fourth-order valence-corrected chi connectivity index (χ4v) is 2.64. The summed E-state index contributed by atoms with van der Waals surface area (Å²) in [5.74, 6) is 1.42. The van der Waals surface area contributed by atoms with Crippen LogP contribution in [0.2, 0.25) is 0 Å². The summed E-state index contributed by atoms with van der Waals surface area (Å²) in [6.07, 6.45) is 1.59. The quantitative estimate of drug-likeness (QED) is 0.634. The summed E-state index contributed by atoms with van der Waals surface area (Å²) in [6.45, 7) is 3.07. The third-order valence-corrected chi connectivity index (χ3v) is 4.19. The second-order valence-electron chi connectivity index (χ2n) is 5.53. The standard InChI is InChI=1S/C18H20N4O2S/c1-13-6-3-4-7-15(13)11-24-17-14(8-5-9-16(17)23-2)10-20-22-12-19-21-18(22)25/h3-9,12,20H,10-11H2,1-2H3,(H,21,25). The molecule has 7 heteroatoms. The van der Waals surface area contributed by atoms with Gasteiger partial charge in [-0.1, -0.05) is 36.4 Å².